The number of carbonyl (C=O) groups is 4. The Kier molecular flexibility index (Phi) is 15.8. The lowest BCUT2D eigenvalue weighted by atomic mass is 9.84. The van der Waals surface area contributed by atoms with E-state index < -0.39 is 35.3 Å². The summed E-state index contributed by atoms with van der Waals surface area (Å²) in [6.07, 6.45) is 2.71. The lowest BCUT2D eigenvalue weighted by Crippen LogP contribution is -2.62. The first-order valence-electron chi connectivity index (χ1n) is 22.3. The minimum Gasteiger partial charge on any atom is -0.465 e. The van der Waals surface area contributed by atoms with Crippen LogP contribution in [0, 0.1) is 11.3 Å². The topological polar surface area (TPSA) is 160 Å². The molecule has 5 heterocycles. The van der Waals surface area contributed by atoms with E-state index in [1.807, 2.05) is 52.1 Å². The monoisotopic (exact) mass is 904 g/mol. The molecule has 0 radical (unpaired) electrons. The van der Waals surface area contributed by atoms with E-state index in [1.165, 1.54) is 21.9 Å². The molecule has 6 rings (SSSR count). The van der Waals surface area contributed by atoms with Gasteiger partial charge in [0, 0.05) is 79.1 Å². The SMILES string of the molecule is CCn1c(-c2cccnc2[C@H](C)OC)c2c3cc(ccc31)-c1csc(n1)C[C@H](NC(=O)C(C(C)C)N(C)C(=O)N1[C@H](C)COC[C@H]1C)C(=O)N(NF)CCCCC(=O)OCC(C)(C)C2. The Morgan fingerprint density at radius 1 is 1.11 bits per heavy atom. The molecule has 64 heavy (non-hydrogen) atoms. The molecule has 2 aliphatic rings. The number of urea groups is 1. The number of hydrazine groups is 1. The predicted molar refractivity (Wildman–Crippen MR) is 245 cm³/mol. The number of pyridine rings is 1. The van der Waals surface area contributed by atoms with E-state index in [-0.39, 0.29) is 62.6 Å². The maximum absolute atomic E-state index is 14.5. The Morgan fingerprint density at radius 3 is 2.52 bits per heavy atom. The molecule has 17 heteroatoms. The number of cyclic esters (lactones) is 1. The number of aromatic nitrogens is 3. The largest absolute Gasteiger partial charge is 0.465 e. The smallest absolute Gasteiger partial charge is 0.321 e. The number of aryl methyl sites for hydroxylation is 1. The maximum Gasteiger partial charge on any atom is 0.321 e. The highest BCUT2D eigenvalue weighted by Gasteiger charge is 2.39. The molecule has 1 aromatic carbocycles. The zero-order valence-corrected chi connectivity index (χ0v) is 39.7. The van der Waals surface area contributed by atoms with Gasteiger partial charge in [-0.15, -0.1) is 15.8 Å². The van der Waals surface area contributed by atoms with E-state index >= 15 is 0 Å². The summed E-state index contributed by atoms with van der Waals surface area (Å²) in [4.78, 5) is 68.6. The van der Waals surface area contributed by atoms with Gasteiger partial charge in [-0.2, -0.15) is 0 Å². The summed E-state index contributed by atoms with van der Waals surface area (Å²) < 4.78 is 34.1. The van der Waals surface area contributed by atoms with Gasteiger partial charge in [-0.1, -0.05) is 39.4 Å². The highest BCUT2D eigenvalue weighted by molar-refractivity contribution is 7.10. The molecule has 3 aromatic heterocycles. The zero-order chi connectivity index (χ0) is 46.5. The van der Waals surface area contributed by atoms with Crippen LogP contribution in [0.2, 0.25) is 0 Å². The lowest BCUT2D eigenvalue weighted by molar-refractivity contribution is -0.147. The molecule has 4 aromatic rings. The number of hydrogen-bond acceptors (Lipinski definition) is 11. The zero-order valence-electron chi connectivity index (χ0n) is 38.9. The van der Waals surface area contributed by atoms with Crippen molar-refractivity contribution in [2.24, 2.45) is 11.3 Å². The van der Waals surface area contributed by atoms with Crippen molar-refractivity contribution < 1.29 is 37.9 Å². The van der Waals surface area contributed by atoms with Crippen LogP contribution < -0.4 is 11.0 Å². The number of ether oxygens (including phenoxy) is 3. The van der Waals surface area contributed by atoms with Crippen molar-refractivity contribution in [3.63, 3.8) is 0 Å². The Morgan fingerprint density at radius 2 is 1.84 bits per heavy atom. The van der Waals surface area contributed by atoms with Crippen LogP contribution in [0.3, 0.4) is 0 Å². The molecule has 0 aliphatic carbocycles. The van der Waals surface area contributed by atoms with Crippen LogP contribution in [0.25, 0.3) is 33.4 Å². The quantitative estimate of drug-likeness (QED) is 0.129. The summed E-state index contributed by atoms with van der Waals surface area (Å²) in [5.74, 6) is -2.01. The van der Waals surface area contributed by atoms with Gasteiger partial charge in [-0.05, 0) is 82.7 Å². The van der Waals surface area contributed by atoms with Crippen LogP contribution in [0.15, 0.2) is 41.9 Å². The van der Waals surface area contributed by atoms with Gasteiger partial charge in [0.2, 0.25) is 5.91 Å². The van der Waals surface area contributed by atoms with Gasteiger partial charge in [0.15, 0.2) is 0 Å². The van der Waals surface area contributed by atoms with E-state index in [4.69, 9.17) is 24.2 Å². The first kappa shape index (κ1) is 48.5. The van der Waals surface area contributed by atoms with Crippen LogP contribution in [-0.2, 0) is 48.0 Å². The molecule has 4 bridgehead atoms. The van der Waals surface area contributed by atoms with Crippen molar-refractivity contribution in [3.05, 3.63) is 58.2 Å². The number of benzene rings is 1. The summed E-state index contributed by atoms with van der Waals surface area (Å²) in [6, 6.07) is 7.31. The summed E-state index contributed by atoms with van der Waals surface area (Å²) in [5, 5.41) is 7.19. The van der Waals surface area contributed by atoms with Gasteiger partial charge < -0.3 is 33.9 Å². The van der Waals surface area contributed by atoms with Gasteiger partial charge in [-0.25, -0.2) is 14.8 Å². The number of likely N-dealkylation sites (N-methyl/N-ethyl adjacent to an activating group) is 1. The third kappa shape index (κ3) is 10.6. The van der Waals surface area contributed by atoms with Crippen molar-refractivity contribution in [2.75, 3.05) is 40.5 Å². The van der Waals surface area contributed by atoms with Gasteiger partial charge in [0.05, 0.1) is 60.1 Å². The third-order valence-corrected chi connectivity index (χ3v) is 13.2. The summed E-state index contributed by atoms with van der Waals surface area (Å²) in [7, 11) is 3.26. The van der Waals surface area contributed by atoms with Crippen LogP contribution in [-0.4, -0.2) is 118 Å². The van der Waals surface area contributed by atoms with Crippen molar-refractivity contribution in [3.8, 4) is 22.5 Å². The average molecular weight is 905 g/mol. The highest BCUT2D eigenvalue weighted by atomic mass is 32.1. The molecule has 1 saturated heterocycles. The number of esters is 1. The molecule has 2 aliphatic heterocycles. The minimum atomic E-state index is -1.25. The second-order valence-corrected chi connectivity index (χ2v) is 19.2. The Balaban J connectivity index is 1.41. The molecular formula is C47H65FN8O7S. The molecule has 0 spiro atoms. The van der Waals surface area contributed by atoms with Gasteiger partial charge >= 0.3 is 12.0 Å². The molecule has 0 saturated carbocycles. The number of carbonyl (C=O) groups excluding carboxylic acids is 4. The van der Waals surface area contributed by atoms with E-state index in [2.05, 4.69) is 48.9 Å². The van der Waals surface area contributed by atoms with Crippen LogP contribution in [0.4, 0.5) is 9.28 Å². The molecule has 4 amide bonds. The first-order valence-corrected chi connectivity index (χ1v) is 23.2. The van der Waals surface area contributed by atoms with E-state index in [0.29, 0.717) is 43.3 Å². The fourth-order valence-corrected chi connectivity index (χ4v) is 9.88. The summed E-state index contributed by atoms with van der Waals surface area (Å²) in [5.41, 5.74) is 7.45. The molecule has 348 valence electrons. The summed E-state index contributed by atoms with van der Waals surface area (Å²) >= 11 is 1.34. The number of halogens is 1. The highest BCUT2D eigenvalue weighted by Crippen LogP contribution is 2.42. The Bertz CT molecular complexity index is 2290. The molecule has 2 N–H and O–H groups in total. The number of nitrogens with one attached hydrogen (secondary N) is 2. The van der Waals surface area contributed by atoms with Crippen LogP contribution in [0.1, 0.15) is 97.0 Å². The van der Waals surface area contributed by atoms with E-state index in [1.54, 1.807) is 25.3 Å². The Labute approximate surface area is 379 Å². The number of nitrogens with zero attached hydrogens (tertiary/aromatic N) is 6. The molecular weight excluding hydrogens is 840 g/mol. The number of morpholine rings is 1. The number of thiazole rings is 1. The van der Waals surface area contributed by atoms with Crippen LogP contribution in [0.5, 0.6) is 0 Å². The third-order valence-electron chi connectivity index (χ3n) is 12.3. The van der Waals surface area contributed by atoms with Crippen LogP contribution >= 0.6 is 11.3 Å². The molecule has 1 unspecified atom stereocenters. The number of rotatable bonds is 9. The second-order valence-electron chi connectivity index (χ2n) is 18.3. The van der Waals surface area contributed by atoms with Crippen molar-refractivity contribution in [1.29, 1.82) is 0 Å². The standard InChI is InChI=1S/C47H65FN8O7S/c1-11-54-38-18-17-32-21-34(38)35(43(54)33-15-14-19-49-41(33)31(6)61-10)23-47(7,8)27-63-40(57)16-12-13-20-55(52-48)45(59)36(22-39-50-37(32)26-64-39)51-44(58)42(28(2)3)53(9)46(60)56-29(4)24-62-25-30(56)5/h14-15,17-19,21,26,28-31,36,42,52H,11-13,16,20,22-25,27H2,1-10H3,(H,51,58)/t29-,30-,31+,36+,42?/m1/s1. The number of methoxy groups -OCH3 is 1. The first-order chi connectivity index (χ1) is 30.5. The Hall–Kier alpha value is -4.97. The van der Waals surface area contributed by atoms with E-state index in [0.717, 1.165) is 44.0 Å². The normalized spacial score (nSPS) is 21.2. The van der Waals surface area contributed by atoms with Crippen molar-refractivity contribution in [2.45, 2.75) is 124 Å². The average Bonchev–Trinajstić information content (AvgIpc) is 3.86. The number of fused-ring (bicyclic) bond motifs is 4. The number of amides is 4. The summed E-state index contributed by atoms with van der Waals surface area (Å²) in [6.45, 7) is 17.2. The molecule has 5 atom stereocenters. The lowest BCUT2D eigenvalue weighted by Gasteiger charge is -2.43. The fraction of sp³-hybridized carbons (Fsp3) is 0.574. The minimum absolute atomic E-state index is 0.0424. The van der Waals surface area contributed by atoms with E-state index in [9.17, 15) is 23.7 Å². The maximum atomic E-state index is 14.5. The van der Waals surface area contributed by atoms with Crippen molar-refractivity contribution >= 4 is 46.1 Å². The molecule has 15 nitrogen and oxygen atoms in total. The van der Waals surface area contributed by atoms with Gasteiger partial charge in [0.25, 0.3) is 5.91 Å². The van der Waals surface area contributed by atoms with Gasteiger partial charge in [0.1, 0.15) is 12.1 Å². The second kappa shape index (κ2) is 20.9. The van der Waals surface area contributed by atoms with Crippen molar-refractivity contribution in [1.82, 2.24) is 40.3 Å². The molecule has 1 fully saturated rings. The number of hydrogen-bond donors (Lipinski definition) is 2. The van der Waals surface area contributed by atoms with Gasteiger partial charge in [-0.3, -0.25) is 19.4 Å². The predicted octanol–water partition coefficient (Wildman–Crippen LogP) is 7.28. The fourth-order valence-electron chi connectivity index (χ4n) is 9.03.